The third-order valence-corrected chi connectivity index (χ3v) is 6.63. The second-order valence-electron chi connectivity index (χ2n) is 11.1. The summed E-state index contributed by atoms with van der Waals surface area (Å²) in [6, 6.07) is 12.0. The molecule has 1 aromatic carbocycles. The molecule has 0 atom stereocenters. The zero-order chi connectivity index (χ0) is 25.3. The first-order valence-corrected chi connectivity index (χ1v) is 12.5. The molecule has 0 saturated carbocycles. The Hall–Kier alpha value is -3.28. The average Bonchev–Trinajstić information content (AvgIpc) is 3.14. The van der Waals surface area contributed by atoms with Crippen LogP contribution in [0.3, 0.4) is 0 Å². The fourth-order valence-electron chi connectivity index (χ4n) is 4.76. The third-order valence-electron chi connectivity index (χ3n) is 6.63. The molecule has 184 valence electrons. The molecule has 35 heavy (non-hydrogen) atoms. The second kappa shape index (κ2) is 9.76. The molecule has 0 aliphatic heterocycles. The van der Waals surface area contributed by atoms with Gasteiger partial charge in [0.05, 0.1) is 22.5 Å². The van der Waals surface area contributed by atoms with Crippen LogP contribution in [0, 0.1) is 18.3 Å². The second-order valence-corrected chi connectivity index (χ2v) is 11.1. The number of carbonyl (C=O) groups is 2. The lowest BCUT2D eigenvalue weighted by Crippen LogP contribution is -2.29. The molecule has 2 heterocycles. The van der Waals surface area contributed by atoms with Crippen LogP contribution in [0.25, 0.3) is 5.82 Å². The predicted molar refractivity (Wildman–Crippen MR) is 138 cm³/mol. The van der Waals surface area contributed by atoms with Gasteiger partial charge in [-0.15, -0.1) is 0 Å². The van der Waals surface area contributed by atoms with Crippen molar-refractivity contribution in [1.82, 2.24) is 19.7 Å². The van der Waals surface area contributed by atoms with Gasteiger partial charge in [-0.1, -0.05) is 57.5 Å². The van der Waals surface area contributed by atoms with Crippen LogP contribution >= 0.6 is 0 Å². The molecule has 4 rings (SSSR count). The van der Waals surface area contributed by atoms with Gasteiger partial charge in [-0.2, -0.15) is 5.10 Å². The molecule has 6 nitrogen and oxygen atoms in total. The summed E-state index contributed by atoms with van der Waals surface area (Å²) >= 11 is 0. The van der Waals surface area contributed by atoms with Gasteiger partial charge in [0.1, 0.15) is 0 Å². The number of pyridine rings is 1. The Kier molecular flexibility index (Phi) is 6.93. The highest BCUT2D eigenvalue weighted by atomic mass is 16.2. The highest BCUT2D eigenvalue weighted by Crippen LogP contribution is 2.37. The molecule has 0 N–H and O–H groups in total. The Morgan fingerprint density at radius 3 is 2.46 bits per heavy atom. The topological polar surface area (TPSA) is 68.1 Å². The number of hydrogen-bond acceptors (Lipinski definition) is 4. The molecule has 0 saturated heterocycles. The minimum absolute atomic E-state index is 0.0598. The van der Waals surface area contributed by atoms with Crippen molar-refractivity contribution in [3.8, 4) is 5.82 Å². The molecule has 0 fully saturated rings. The van der Waals surface area contributed by atoms with E-state index in [-0.39, 0.29) is 17.1 Å². The number of hydrogen-bond donors (Lipinski definition) is 0. The Bertz CT molecular complexity index is 1220. The van der Waals surface area contributed by atoms with Crippen molar-refractivity contribution in [3.63, 3.8) is 0 Å². The molecule has 0 radical (unpaired) electrons. The van der Waals surface area contributed by atoms with Crippen LogP contribution in [-0.2, 0) is 19.3 Å². The Morgan fingerprint density at radius 1 is 1.11 bits per heavy atom. The lowest BCUT2D eigenvalue weighted by atomic mass is 9.75. The van der Waals surface area contributed by atoms with Crippen molar-refractivity contribution in [2.75, 3.05) is 13.6 Å². The lowest BCUT2D eigenvalue weighted by Gasteiger charge is -2.29. The number of likely N-dealkylation sites (N-methyl/N-ethyl adjacent to an activating group) is 1. The molecular weight excluding hydrogens is 436 g/mol. The number of benzene rings is 1. The van der Waals surface area contributed by atoms with Crippen LogP contribution in [0.1, 0.15) is 77.3 Å². The minimum Gasteiger partial charge on any atom is -0.341 e. The van der Waals surface area contributed by atoms with Gasteiger partial charge in [-0.3, -0.25) is 9.59 Å². The van der Waals surface area contributed by atoms with Crippen molar-refractivity contribution < 1.29 is 9.59 Å². The summed E-state index contributed by atoms with van der Waals surface area (Å²) < 4.78 is 1.82. The SMILES string of the molecule is Cc1ccc(CCN(C)C(=O)c2ccc(-n3nc(CC(C)C)c4c3CC(C)(C)CC4=O)nc2)cc1. The molecule has 6 heteroatoms. The largest absolute Gasteiger partial charge is 0.341 e. The van der Waals surface area contributed by atoms with Crippen LogP contribution < -0.4 is 0 Å². The number of nitrogens with zero attached hydrogens (tertiary/aromatic N) is 4. The average molecular weight is 473 g/mol. The van der Waals surface area contributed by atoms with Crippen molar-refractivity contribution >= 4 is 11.7 Å². The van der Waals surface area contributed by atoms with Crippen LogP contribution in [-0.4, -0.2) is 44.9 Å². The number of rotatable bonds is 7. The molecule has 2 aromatic heterocycles. The summed E-state index contributed by atoms with van der Waals surface area (Å²) in [7, 11) is 1.82. The van der Waals surface area contributed by atoms with E-state index in [1.54, 1.807) is 17.2 Å². The standard InChI is InChI=1S/C29H36N4O2/c1-19(2)15-23-27-24(16-29(4,5)17-25(27)34)33(31-23)26-12-11-22(18-30-26)28(35)32(6)14-13-21-9-7-20(3)8-10-21/h7-12,18-19H,13-17H2,1-6H3. The molecule has 1 aliphatic rings. The summed E-state index contributed by atoms with van der Waals surface area (Å²) in [5.41, 5.74) is 5.43. The number of Topliss-reactive ketones (excluding diaryl/α,β-unsaturated/α-hetero) is 1. The summed E-state index contributed by atoms with van der Waals surface area (Å²) in [4.78, 5) is 32.3. The van der Waals surface area contributed by atoms with Crippen LogP contribution in [0.4, 0.5) is 0 Å². The number of fused-ring (bicyclic) bond motifs is 1. The van der Waals surface area contributed by atoms with E-state index >= 15 is 0 Å². The Morgan fingerprint density at radius 2 is 1.83 bits per heavy atom. The first-order valence-electron chi connectivity index (χ1n) is 12.5. The van der Waals surface area contributed by atoms with Gasteiger partial charge in [0, 0.05) is 26.2 Å². The highest BCUT2D eigenvalue weighted by Gasteiger charge is 2.36. The first kappa shape index (κ1) is 24.8. The van der Waals surface area contributed by atoms with E-state index in [9.17, 15) is 9.59 Å². The van der Waals surface area contributed by atoms with Gasteiger partial charge in [0.25, 0.3) is 5.91 Å². The van der Waals surface area contributed by atoms with Gasteiger partial charge in [-0.05, 0) is 55.2 Å². The normalized spacial score (nSPS) is 14.8. The lowest BCUT2D eigenvalue weighted by molar-refractivity contribution is 0.0795. The van der Waals surface area contributed by atoms with E-state index in [0.717, 1.165) is 36.2 Å². The van der Waals surface area contributed by atoms with Gasteiger partial charge in [0.2, 0.25) is 0 Å². The van der Waals surface area contributed by atoms with E-state index < -0.39 is 0 Å². The quantitative estimate of drug-likeness (QED) is 0.471. The van der Waals surface area contributed by atoms with Gasteiger partial charge in [0.15, 0.2) is 11.6 Å². The minimum atomic E-state index is -0.118. The zero-order valence-electron chi connectivity index (χ0n) is 21.8. The molecule has 1 amide bonds. The molecule has 0 bridgehead atoms. The maximum Gasteiger partial charge on any atom is 0.255 e. The van der Waals surface area contributed by atoms with Gasteiger partial charge < -0.3 is 4.90 Å². The van der Waals surface area contributed by atoms with Crippen molar-refractivity contribution in [2.24, 2.45) is 11.3 Å². The van der Waals surface area contributed by atoms with E-state index in [4.69, 9.17) is 5.10 Å². The summed E-state index contributed by atoms with van der Waals surface area (Å²) in [6.45, 7) is 11.2. The number of amides is 1. The number of ketones is 1. The highest BCUT2D eigenvalue weighted by molar-refractivity contribution is 6.00. The van der Waals surface area contributed by atoms with Crippen LogP contribution in [0.15, 0.2) is 42.6 Å². The van der Waals surface area contributed by atoms with Gasteiger partial charge >= 0.3 is 0 Å². The molecular formula is C29H36N4O2. The van der Waals surface area contributed by atoms with Crippen LogP contribution in [0.5, 0.6) is 0 Å². The molecule has 0 unspecified atom stereocenters. The summed E-state index contributed by atoms with van der Waals surface area (Å²) in [5, 5.41) is 4.83. The summed E-state index contributed by atoms with van der Waals surface area (Å²) in [6.07, 6.45) is 4.47. The maximum atomic E-state index is 13.0. The number of carbonyl (C=O) groups excluding carboxylic acids is 2. The summed E-state index contributed by atoms with van der Waals surface area (Å²) in [5.74, 6) is 1.14. The zero-order valence-corrected chi connectivity index (χ0v) is 21.8. The van der Waals surface area contributed by atoms with E-state index in [1.165, 1.54) is 11.1 Å². The number of aryl methyl sites for hydroxylation is 1. The van der Waals surface area contributed by atoms with Crippen molar-refractivity contribution in [2.45, 2.75) is 60.3 Å². The molecule has 0 spiro atoms. The van der Waals surface area contributed by atoms with Gasteiger partial charge in [-0.25, -0.2) is 9.67 Å². The Labute approximate surface area is 208 Å². The van der Waals surface area contributed by atoms with E-state index in [2.05, 4.69) is 63.9 Å². The molecule has 3 aromatic rings. The Balaban J connectivity index is 1.55. The maximum absolute atomic E-state index is 13.0. The third kappa shape index (κ3) is 5.53. The monoisotopic (exact) mass is 472 g/mol. The fourth-order valence-corrected chi connectivity index (χ4v) is 4.76. The van der Waals surface area contributed by atoms with Crippen molar-refractivity contribution in [3.05, 3.63) is 76.2 Å². The fraction of sp³-hybridized carbons (Fsp3) is 0.448. The molecule has 1 aliphatic carbocycles. The number of aromatic nitrogens is 3. The van der Waals surface area contributed by atoms with E-state index in [0.29, 0.717) is 30.3 Å². The predicted octanol–water partition coefficient (Wildman–Crippen LogP) is 5.24. The van der Waals surface area contributed by atoms with E-state index in [1.807, 2.05) is 17.8 Å². The van der Waals surface area contributed by atoms with Crippen LogP contribution in [0.2, 0.25) is 0 Å². The first-order chi connectivity index (χ1) is 16.5. The van der Waals surface area contributed by atoms with Crippen molar-refractivity contribution in [1.29, 1.82) is 0 Å². The smallest absolute Gasteiger partial charge is 0.255 e.